The summed E-state index contributed by atoms with van der Waals surface area (Å²) in [5, 5.41) is 12.2. The molecule has 0 aromatic carbocycles. The van der Waals surface area contributed by atoms with Crippen LogP contribution in [0.25, 0.3) is 0 Å². The molecule has 0 saturated heterocycles. The SMILES string of the molecule is Nc1cc(C(=O)O)cnc1NC1CCCCCC1. The summed E-state index contributed by atoms with van der Waals surface area (Å²) < 4.78 is 0. The number of nitrogens with one attached hydrogen (secondary N) is 1. The van der Waals surface area contributed by atoms with E-state index in [2.05, 4.69) is 10.3 Å². The number of carboxylic acids is 1. The van der Waals surface area contributed by atoms with Crippen LogP contribution in [0.5, 0.6) is 0 Å². The van der Waals surface area contributed by atoms with Gasteiger partial charge in [-0.2, -0.15) is 0 Å². The lowest BCUT2D eigenvalue weighted by molar-refractivity contribution is 0.0696. The van der Waals surface area contributed by atoms with E-state index in [1.54, 1.807) is 0 Å². The summed E-state index contributed by atoms with van der Waals surface area (Å²) in [5.41, 5.74) is 6.35. The van der Waals surface area contributed by atoms with Crippen molar-refractivity contribution in [3.8, 4) is 0 Å². The monoisotopic (exact) mass is 249 g/mol. The number of aromatic nitrogens is 1. The Hall–Kier alpha value is -1.78. The Balaban J connectivity index is 2.06. The maximum absolute atomic E-state index is 10.8. The van der Waals surface area contributed by atoms with Crippen molar-refractivity contribution >= 4 is 17.5 Å². The number of carbonyl (C=O) groups is 1. The number of nitrogen functional groups attached to an aromatic ring is 1. The molecular weight excluding hydrogens is 230 g/mol. The number of rotatable bonds is 3. The zero-order chi connectivity index (χ0) is 13.0. The molecule has 1 fully saturated rings. The van der Waals surface area contributed by atoms with Gasteiger partial charge in [-0.25, -0.2) is 9.78 Å². The standard InChI is InChI=1S/C13H19N3O2/c14-11-7-9(13(17)18)8-15-12(11)16-10-5-3-1-2-4-6-10/h7-8,10H,1-6,14H2,(H,15,16)(H,17,18). The predicted octanol–water partition coefficient (Wildman–Crippen LogP) is 2.50. The summed E-state index contributed by atoms with van der Waals surface area (Å²) in [5.74, 6) is -0.401. The molecule has 5 heteroatoms. The van der Waals surface area contributed by atoms with E-state index in [-0.39, 0.29) is 5.56 Å². The van der Waals surface area contributed by atoms with Crippen LogP contribution >= 0.6 is 0 Å². The van der Waals surface area contributed by atoms with Gasteiger partial charge in [-0.3, -0.25) is 0 Å². The van der Waals surface area contributed by atoms with Crippen LogP contribution in [0.1, 0.15) is 48.9 Å². The Labute approximate surface area is 106 Å². The summed E-state index contributed by atoms with van der Waals surface area (Å²) in [6.45, 7) is 0. The topological polar surface area (TPSA) is 88.2 Å². The zero-order valence-corrected chi connectivity index (χ0v) is 10.4. The first kappa shape index (κ1) is 12.7. The predicted molar refractivity (Wildman–Crippen MR) is 70.7 cm³/mol. The summed E-state index contributed by atoms with van der Waals surface area (Å²) in [4.78, 5) is 14.9. The highest BCUT2D eigenvalue weighted by molar-refractivity contribution is 5.89. The second-order valence-electron chi connectivity index (χ2n) is 4.80. The average molecular weight is 249 g/mol. The normalized spacial score (nSPS) is 17.1. The first-order chi connectivity index (χ1) is 8.66. The summed E-state index contributed by atoms with van der Waals surface area (Å²) in [7, 11) is 0. The lowest BCUT2D eigenvalue weighted by atomic mass is 10.1. The van der Waals surface area contributed by atoms with Crippen LogP contribution in [0, 0.1) is 0 Å². The van der Waals surface area contributed by atoms with Gasteiger partial charge < -0.3 is 16.2 Å². The quantitative estimate of drug-likeness (QED) is 0.716. The van der Waals surface area contributed by atoms with Gasteiger partial charge in [0.05, 0.1) is 11.3 Å². The molecule has 2 rings (SSSR count). The Morgan fingerprint density at radius 2 is 2.00 bits per heavy atom. The molecular formula is C13H19N3O2. The number of hydrogen-bond acceptors (Lipinski definition) is 4. The molecule has 0 amide bonds. The minimum atomic E-state index is -1.00. The van der Waals surface area contributed by atoms with Gasteiger partial charge in [-0.15, -0.1) is 0 Å². The average Bonchev–Trinajstić information content (AvgIpc) is 2.60. The van der Waals surface area contributed by atoms with Gasteiger partial charge in [0.2, 0.25) is 0 Å². The molecule has 1 aromatic heterocycles. The van der Waals surface area contributed by atoms with Crippen LogP contribution in [0.2, 0.25) is 0 Å². The second kappa shape index (κ2) is 5.71. The molecule has 0 unspecified atom stereocenters. The fourth-order valence-electron chi connectivity index (χ4n) is 2.34. The van der Waals surface area contributed by atoms with Crippen LogP contribution in [0.15, 0.2) is 12.3 Å². The molecule has 1 heterocycles. The lowest BCUT2D eigenvalue weighted by Crippen LogP contribution is -2.20. The van der Waals surface area contributed by atoms with Gasteiger partial charge in [-0.1, -0.05) is 25.7 Å². The Morgan fingerprint density at radius 3 is 2.56 bits per heavy atom. The first-order valence-electron chi connectivity index (χ1n) is 6.42. The zero-order valence-electron chi connectivity index (χ0n) is 10.4. The van der Waals surface area contributed by atoms with Crippen LogP contribution in [-0.2, 0) is 0 Å². The maximum atomic E-state index is 10.8. The Kier molecular flexibility index (Phi) is 4.02. The van der Waals surface area contributed by atoms with E-state index in [1.807, 2.05) is 0 Å². The van der Waals surface area contributed by atoms with Crippen molar-refractivity contribution in [3.63, 3.8) is 0 Å². The molecule has 0 aliphatic heterocycles. The number of carboxylic acid groups (broad SMARTS) is 1. The van der Waals surface area contributed by atoms with E-state index in [0.717, 1.165) is 12.8 Å². The largest absolute Gasteiger partial charge is 0.478 e. The van der Waals surface area contributed by atoms with E-state index in [1.165, 1.54) is 37.9 Å². The minimum absolute atomic E-state index is 0.124. The van der Waals surface area contributed by atoms with Gasteiger partial charge in [-0.05, 0) is 18.9 Å². The third kappa shape index (κ3) is 3.12. The second-order valence-corrected chi connectivity index (χ2v) is 4.80. The number of anilines is 2. The highest BCUT2D eigenvalue weighted by Gasteiger charge is 2.14. The van der Waals surface area contributed by atoms with E-state index >= 15 is 0 Å². The molecule has 0 spiro atoms. The van der Waals surface area contributed by atoms with Crippen LogP contribution in [-0.4, -0.2) is 22.1 Å². The molecule has 18 heavy (non-hydrogen) atoms. The van der Waals surface area contributed by atoms with E-state index in [4.69, 9.17) is 10.8 Å². The molecule has 0 atom stereocenters. The van der Waals surface area contributed by atoms with Gasteiger partial charge >= 0.3 is 5.97 Å². The highest BCUT2D eigenvalue weighted by atomic mass is 16.4. The van der Waals surface area contributed by atoms with Crippen molar-refractivity contribution < 1.29 is 9.90 Å². The minimum Gasteiger partial charge on any atom is -0.478 e. The molecule has 1 aliphatic rings. The van der Waals surface area contributed by atoms with Crippen molar-refractivity contribution in [2.45, 2.75) is 44.6 Å². The third-order valence-corrected chi connectivity index (χ3v) is 3.36. The number of nitrogens with zero attached hydrogens (tertiary/aromatic N) is 1. The molecule has 1 aliphatic carbocycles. The molecule has 98 valence electrons. The summed E-state index contributed by atoms with van der Waals surface area (Å²) in [6, 6.07) is 1.85. The molecule has 0 radical (unpaired) electrons. The fraction of sp³-hybridized carbons (Fsp3) is 0.538. The molecule has 4 N–H and O–H groups in total. The molecule has 1 aromatic rings. The third-order valence-electron chi connectivity index (χ3n) is 3.36. The number of aromatic carboxylic acids is 1. The van der Waals surface area contributed by atoms with Crippen molar-refractivity contribution in [1.29, 1.82) is 0 Å². The van der Waals surface area contributed by atoms with E-state index in [9.17, 15) is 4.79 Å². The smallest absolute Gasteiger partial charge is 0.337 e. The molecule has 0 bridgehead atoms. The van der Waals surface area contributed by atoms with Crippen molar-refractivity contribution in [1.82, 2.24) is 4.98 Å². The summed E-state index contributed by atoms with van der Waals surface area (Å²) >= 11 is 0. The van der Waals surface area contributed by atoms with Crippen molar-refractivity contribution in [2.24, 2.45) is 0 Å². The number of nitrogens with two attached hydrogens (primary N) is 1. The van der Waals surface area contributed by atoms with E-state index < -0.39 is 5.97 Å². The number of hydrogen-bond donors (Lipinski definition) is 3. The van der Waals surface area contributed by atoms with E-state index in [0.29, 0.717) is 17.5 Å². The Bertz CT molecular complexity index is 426. The van der Waals surface area contributed by atoms with Gasteiger partial charge in [0.15, 0.2) is 0 Å². The maximum Gasteiger partial charge on any atom is 0.337 e. The van der Waals surface area contributed by atoms with Crippen molar-refractivity contribution in [2.75, 3.05) is 11.1 Å². The van der Waals surface area contributed by atoms with Crippen LogP contribution < -0.4 is 11.1 Å². The first-order valence-corrected chi connectivity index (χ1v) is 6.42. The van der Waals surface area contributed by atoms with Crippen LogP contribution in [0.4, 0.5) is 11.5 Å². The fourth-order valence-corrected chi connectivity index (χ4v) is 2.34. The van der Waals surface area contributed by atoms with Crippen molar-refractivity contribution in [3.05, 3.63) is 17.8 Å². The van der Waals surface area contributed by atoms with Gasteiger partial charge in [0, 0.05) is 12.2 Å². The molecule has 1 saturated carbocycles. The van der Waals surface area contributed by atoms with Gasteiger partial charge in [0.1, 0.15) is 5.82 Å². The lowest BCUT2D eigenvalue weighted by Gasteiger charge is -2.18. The molecule has 5 nitrogen and oxygen atoms in total. The highest BCUT2D eigenvalue weighted by Crippen LogP contribution is 2.23. The van der Waals surface area contributed by atoms with Gasteiger partial charge in [0.25, 0.3) is 0 Å². The summed E-state index contributed by atoms with van der Waals surface area (Å²) in [6.07, 6.45) is 8.63. The van der Waals surface area contributed by atoms with Crippen LogP contribution in [0.3, 0.4) is 0 Å². The Morgan fingerprint density at radius 1 is 1.33 bits per heavy atom. The number of pyridine rings is 1.